The fourth-order valence-corrected chi connectivity index (χ4v) is 2.64. The number of hydrogen-bond donors (Lipinski definition) is 1. The second-order valence-electron chi connectivity index (χ2n) is 2.79. The van der Waals surface area contributed by atoms with E-state index in [0.29, 0.717) is 5.88 Å². The lowest BCUT2D eigenvalue weighted by atomic mass is 10.3. The molecule has 0 saturated carbocycles. The Morgan fingerprint density at radius 3 is 2.93 bits per heavy atom. The molecule has 0 radical (unpaired) electrons. The Labute approximate surface area is 102 Å². The van der Waals surface area contributed by atoms with Crippen LogP contribution in [-0.4, -0.2) is 19.0 Å². The summed E-state index contributed by atoms with van der Waals surface area (Å²) < 4.78 is 1.20. The number of alkyl halides is 1. The first-order valence-electron chi connectivity index (χ1n) is 4.49. The fourth-order valence-electron chi connectivity index (χ4n) is 1.03. The summed E-state index contributed by atoms with van der Waals surface area (Å²) in [5, 5.41) is 3.32. The van der Waals surface area contributed by atoms with Crippen molar-refractivity contribution in [2.45, 2.75) is 6.42 Å². The SMILES string of the molecule is ClC/C=C/CNCCc1ccc(Br)s1. The van der Waals surface area contributed by atoms with Crippen molar-refractivity contribution in [2.75, 3.05) is 19.0 Å². The molecule has 14 heavy (non-hydrogen) atoms. The van der Waals surface area contributed by atoms with E-state index in [1.54, 1.807) is 11.3 Å². The van der Waals surface area contributed by atoms with Gasteiger partial charge >= 0.3 is 0 Å². The first-order valence-corrected chi connectivity index (χ1v) is 6.63. The van der Waals surface area contributed by atoms with Crippen molar-refractivity contribution in [3.05, 3.63) is 32.9 Å². The molecule has 0 spiro atoms. The molecule has 0 aliphatic heterocycles. The Balaban J connectivity index is 2.07. The topological polar surface area (TPSA) is 12.0 Å². The molecule has 1 heterocycles. The van der Waals surface area contributed by atoms with E-state index in [9.17, 15) is 0 Å². The Hall–Kier alpha value is 0.170. The van der Waals surface area contributed by atoms with Crippen LogP contribution in [0.2, 0.25) is 0 Å². The number of rotatable bonds is 6. The fraction of sp³-hybridized carbons (Fsp3) is 0.400. The molecule has 4 heteroatoms. The molecule has 0 amide bonds. The van der Waals surface area contributed by atoms with Gasteiger partial charge in [-0.05, 0) is 34.5 Å². The highest BCUT2D eigenvalue weighted by Crippen LogP contribution is 2.21. The summed E-state index contributed by atoms with van der Waals surface area (Å²) in [7, 11) is 0. The zero-order valence-electron chi connectivity index (χ0n) is 7.80. The third-order valence-electron chi connectivity index (χ3n) is 1.69. The number of nitrogens with one attached hydrogen (secondary N) is 1. The molecule has 0 aromatic carbocycles. The molecule has 78 valence electrons. The molecular weight excluding hydrogens is 282 g/mol. The molecule has 1 aromatic heterocycles. The highest BCUT2D eigenvalue weighted by molar-refractivity contribution is 9.11. The second-order valence-corrected chi connectivity index (χ2v) is 5.64. The van der Waals surface area contributed by atoms with Gasteiger partial charge in [0.1, 0.15) is 0 Å². The van der Waals surface area contributed by atoms with Gasteiger partial charge in [-0.3, -0.25) is 0 Å². The molecule has 0 fully saturated rings. The first-order chi connectivity index (χ1) is 6.83. The van der Waals surface area contributed by atoms with Crippen molar-refractivity contribution in [1.29, 1.82) is 0 Å². The predicted octanol–water partition coefficient (Wildman–Crippen LogP) is 3.44. The average Bonchev–Trinajstić information content (AvgIpc) is 2.58. The van der Waals surface area contributed by atoms with E-state index in [-0.39, 0.29) is 0 Å². The van der Waals surface area contributed by atoms with E-state index >= 15 is 0 Å². The molecule has 0 saturated heterocycles. The van der Waals surface area contributed by atoms with Crippen molar-refractivity contribution >= 4 is 38.9 Å². The molecule has 0 bridgehead atoms. The van der Waals surface area contributed by atoms with Gasteiger partial charge in [0.25, 0.3) is 0 Å². The van der Waals surface area contributed by atoms with Crippen LogP contribution in [0.1, 0.15) is 4.88 Å². The van der Waals surface area contributed by atoms with Crippen LogP contribution < -0.4 is 5.32 Å². The van der Waals surface area contributed by atoms with E-state index in [1.165, 1.54) is 8.66 Å². The van der Waals surface area contributed by atoms with Crippen LogP contribution in [-0.2, 0) is 6.42 Å². The minimum Gasteiger partial charge on any atom is -0.313 e. The van der Waals surface area contributed by atoms with Crippen molar-refractivity contribution in [1.82, 2.24) is 5.32 Å². The van der Waals surface area contributed by atoms with E-state index in [1.807, 2.05) is 6.08 Å². The van der Waals surface area contributed by atoms with Gasteiger partial charge < -0.3 is 5.32 Å². The third-order valence-corrected chi connectivity index (χ3v) is 3.56. The summed E-state index contributed by atoms with van der Waals surface area (Å²) in [5.74, 6) is 0.597. The minimum absolute atomic E-state index is 0.597. The third kappa shape index (κ3) is 5.15. The number of halogens is 2. The van der Waals surface area contributed by atoms with Crippen LogP contribution in [0.25, 0.3) is 0 Å². The predicted molar refractivity (Wildman–Crippen MR) is 68.5 cm³/mol. The van der Waals surface area contributed by atoms with E-state index in [0.717, 1.165) is 19.5 Å². The molecule has 1 aromatic rings. The quantitative estimate of drug-likeness (QED) is 0.481. The highest BCUT2D eigenvalue weighted by Gasteiger charge is 1.95. The second kappa shape index (κ2) is 7.46. The van der Waals surface area contributed by atoms with Crippen LogP contribution >= 0.6 is 38.9 Å². The monoisotopic (exact) mass is 293 g/mol. The van der Waals surface area contributed by atoms with E-state index < -0.39 is 0 Å². The molecule has 0 aliphatic carbocycles. The van der Waals surface area contributed by atoms with Crippen molar-refractivity contribution in [3.8, 4) is 0 Å². The normalized spacial score (nSPS) is 11.3. The lowest BCUT2D eigenvalue weighted by Gasteiger charge is -1.98. The smallest absolute Gasteiger partial charge is 0.0701 e. The summed E-state index contributed by atoms with van der Waals surface area (Å²) >= 11 is 10.7. The minimum atomic E-state index is 0.597. The van der Waals surface area contributed by atoms with Gasteiger partial charge in [-0.1, -0.05) is 12.2 Å². The van der Waals surface area contributed by atoms with Crippen LogP contribution in [0.4, 0.5) is 0 Å². The Kier molecular flexibility index (Phi) is 6.52. The average molecular weight is 295 g/mol. The van der Waals surface area contributed by atoms with Gasteiger partial charge in [0.2, 0.25) is 0 Å². The maximum Gasteiger partial charge on any atom is 0.0701 e. The molecule has 0 unspecified atom stereocenters. The van der Waals surface area contributed by atoms with Crippen LogP contribution in [0.5, 0.6) is 0 Å². The molecule has 0 atom stereocenters. The molecule has 1 nitrogen and oxygen atoms in total. The van der Waals surface area contributed by atoms with Gasteiger partial charge in [0.15, 0.2) is 0 Å². The molecule has 0 aliphatic rings. The number of thiophene rings is 1. The van der Waals surface area contributed by atoms with Gasteiger partial charge in [-0.15, -0.1) is 22.9 Å². The number of allylic oxidation sites excluding steroid dienone is 1. The summed E-state index contributed by atoms with van der Waals surface area (Å²) in [5.41, 5.74) is 0. The summed E-state index contributed by atoms with van der Waals surface area (Å²) in [6.07, 6.45) is 5.10. The summed E-state index contributed by atoms with van der Waals surface area (Å²) in [6, 6.07) is 4.25. The van der Waals surface area contributed by atoms with Gasteiger partial charge in [0.05, 0.1) is 3.79 Å². The van der Waals surface area contributed by atoms with Crippen LogP contribution in [0.15, 0.2) is 28.1 Å². The lowest BCUT2D eigenvalue weighted by molar-refractivity contribution is 0.749. The Bertz CT molecular complexity index is 285. The Morgan fingerprint density at radius 1 is 1.43 bits per heavy atom. The maximum absolute atomic E-state index is 5.49. The summed E-state index contributed by atoms with van der Waals surface area (Å²) in [6.45, 7) is 1.92. The lowest BCUT2D eigenvalue weighted by Crippen LogP contribution is -2.16. The zero-order valence-corrected chi connectivity index (χ0v) is 11.0. The van der Waals surface area contributed by atoms with E-state index in [2.05, 4.69) is 39.5 Å². The molecule has 1 N–H and O–H groups in total. The molecular formula is C10H13BrClNS. The zero-order chi connectivity index (χ0) is 10.2. The standard InChI is InChI=1S/C10H13BrClNS/c11-10-4-3-9(14-10)5-8-13-7-2-1-6-12/h1-4,13H,5-8H2/b2-1+. The van der Waals surface area contributed by atoms with Crippen molar-refractivity contribution in [2.24, 2.45) is 0 Å². The largest absolute Gasteiger partial charge is 0.313 e. The highest BCUT2D eigenvalue weighted by atomic mass is 79.9. The van der Waals surface area contributed by atoms with Gasteiger partial charge in [0, 0.05) is 23.8 Å². The Morgan fingerprint density at radius 2 is 2.29 bits per heavy atom. The maximum atomic E-state index is 5.49. The van der Waals surface area contributed by atoms with Crippen LogP contribution in [0, 0.1) is 0 Å². The van der Waals surface area contributed by atoms with Crippen LogP contribution in [0.3, 0.4) is 0 Å². The van der Waals surface area contributed by atoms with E-state index in [4.69, 9.17) is 11.6 Å². The summed E-state index contributed by atoms with van der Waals surface area (Å²) in [4.78, 5) is 1.41. The van der Waals surface area contributed by atoms with Gasteiger partial charge in [-0.2, -0.15) is 0 Å². The van der Waals surface area contributed by atoms with Gasteiger partial charge in [-0.25, -0.2) is 0 Å². The van der Waals surface area contributed by atoms with Crippen molar-refractivity contribution < 1.29 is 0 Å². The first kappa shape index (κ1) is 12.2. The number of hydrogen-bond acceptors (Lipinski definition) is 2. The molecule has 1 rings (SSSR count). The van der Waals surface area contributed by atoms with Crippen molar-refractivity contribution in [3.63, 3.8) is 0 Å².